The zero-order valence-corrected chi connectivity index (χ0v) is 12.1. The maximum absolute atomic E-state index is 5.88. The Kier molecular flexibility index (Phi) is 4.97. The summed E-state index contributed by atoms with van der Waals surface area (Å²) < 4.78 is 17.6. The highest BCUT2D eigenvalue weighted by molar-refractivity contribution is 5.32. The van der Waals surface area contributed by atoms with Crippen LogP contribution in [-0.4, -0.2) is 25.8 Å². The van der Waals surface area contributed by atoms with E-state index in [1.807, 2.05) is 20.8 Å². The van der Waals surface area contributed by atoms with Crippen LogP contribution in [0.1, 0.15) is 31.9 Å². The highest BCUT2D eigenvalue weighted by Crippen LogP contribution is 2.37. The summed E-state index contributed by atoms with van der Waals surface area (Å²) in [7, 11) is 0. The van der Waals surface area contributed by atoms with Gasteiger partial charge in [-0.2, -0.15) is 0 Å². The minimum Gasteiger partial charge on any atom is -0.328 e. The maximum Gasteiger partial charge on any atom is 0.286 e. The molecule has 3 heteroatoms. The lowest BCUT2D eigenvalue weighted by Gasteiger charge is -2.37. The van der Waals surface area contributed by atoms with Gasteiger partial charge in [0, 0.05) is 25.7 Å². The number of benzene rings is 1. The number of fused-ring (bicyclic) bond motifs is 1. The van der Waals surface area contributed by atoms with Crippen molar-refractivity contribution in [2.24, 2.45) is 5.92 Å². The Balaban J connectivity index is 2.20. The Bertz CT molecular complexity index is 361. The minimum absolute atomic E-state index is 0.227. The predicted molar refractivity (Wildman–Crippen MR) is 74.9 cm³/mol. The van der Waals surface area contributed by atoms with E-state index in [4.69, 9.17) is 14.2 Å². The summed E-state index contributed by atoms with van der Waals surface area (Å²) in [6.45, 7) is 7.71. The van der Waals surface area contributed by atoms with Gasteiger partial charge in [-0.25, -0.2) is 0 Å². The molecule has 3 nitrogen and oxygen atoms in total. The maximum atomic E-state index is 5.88. The van der Waals surface area contributed by atoms with E-state index in [-0.39, 0.29) is 5.92 Å². The van der Waals surface area contributed by atoms with Gasteiger partial charge in [0.2, 0.25) is 0 Å². The van der Waals surface area contributed by atoms with Crippen LogP contribution in [0.4, 0.5) is 0 Å². The molecule has 0 heterocycles. The summed E-state index contributed by atoms with van der Waals surface area (Å²) in [5, 5.41) is 0. The van der Waals surface area contributed by atoms with Gasteiger partial charge >= 0.3 is 0 Å². The van der Waals surface area contributed by atoms with Gasteiger partial charge in [0.1, 0.15) is 0 Å². The average molecular weight is 264 g/mol. The van der Waals surface area contributed by atoms with Gasteiger partial charge in [0.15, 0.2) is 0 Å². The van der Waals surface area contributed by atoms with E-state index in [1.165, 1.54) is 11.1 Å². The molecule has 106 valence electrons. The summed E-state index contributed by atoms with van der Waals surface area (Å²) in [5.41, 5.74) is 2.77. The summed E-state index contributed by atoms with van der Waals surface area (Å²) >= 11 is 0. The van der Waals surface area contributed by atoms with Gasteiger partial charge in [-0.05, 0) is 44.7 Å². The van der Waals surface area contributed by atoms with Gasteiger partial charge in [-0.15, -0.1) is 0 Å². The molecule has 0 spiro atoms. The first-order valence-corrected chi connectivity index (χ1v) is 7.24. The van der Waals surface area contributed by atoms with Crippen LogP contribution in [0.15, 0.2) is 24.3 Å². The lowest BCUT2D eigenvalue weighted by atomic mass is 10.0. The Hall–Kier alpha value is -0.900. The van der Waals surface area contributed by atoms with Crippen molar-refractivity contribution in [2.45, 2.75) is 39.6 Å². The van der Waals surface area contributed by atoms with Crippen molar-refractivity contribution < 1.29 is 14.2 Å². The molecular weight excluding hydrogens is 240 g/mol. The highest BCUT2D eigenvalue weighted by atomic mass is 16.9. The van der Waals surface area contributed by atoms with Crippen molar-refractivity contribution >= 4 is 0 Å². The molecule has 2 rings (SSSR count). The van der Waals surface area contributed by atoms with Crippen LogP contribution in [0.3, 0.4) is 0 Å². The van der Waals surface area contributed by atoms with E-state index in [0.29, 0.717) is 19.8 Å². The number of rotatable bonds is 7. The Morgan fingerprint density at radius 1 is 0.895 bits per heavy atom. The van der Waals surface area contributed by atoms with E-state index in [9.17, 15) is 0 Å². The molecule has 0 radical (unpaired) electrons. The van der Waals surface area contributed by atoms with Crippen LogP contribution in [0, 0.1) is 5.92 Å². The molecule has 19 heavy (non-hydrogen) atoms. The lowest BCUT2D eigenvalue weighted by molar-refractivity contribution is -0.400. The van der Waals surface area contributed by atoms with E-state index < -0.39 is 5.97 Å². The summed E-state index contributed by atoms with van der Waals surface area (Å²) in [4.78, 5) is 0. The second-order valence-corrected chi connectivity index (χ2v) is 4.78. The molecule has 1 aromatic rings. The van der Waals surface area contributed by atoms with Gasteiger partial charge in [-0.3, -0.25) is 0 Å². The molecule has 0 atom stereocenters. The van der Waals surface area contributed by atoms with Crippen LogP contribution in [0.5, 0.6) is 0 Å². The van der Waals surface area contributed by atoms with Crippen LogP contribution in [0.2, 0.25) is 0 Å². The normalized spacial score (nSPS) is 15.7. The second kappa shape index (κ2) is 6.51. The van der Waals surface area contributed by atoms with E-state index in [2.05, 4.69) is 24.3 Å². The molecule has 0 N–H and O–H groups in total. The highest BCUT2D eigenvalue weighted by Gasteiger charge is 2.44. The van der Waals surface area contributed by atoms with Crippen LogP contribution in [-0.2, 0) is 27.1 Å². The summed E-state index contributed by atoms with van der Waals surface area (Å²) in [5.74, 6) is -0.665. The number of ether oxygens (including phenoxy) is 3. The third-order valence-electron chi connectivity index (χ3n) is 3.59. The first kappa shape index (κ1) is 14.5. The van der Waals surface area contributed by atoms with Crippen molar-refractivity contribution in [1.82, 2.24) is 0 Å². The Labute approximate surface area is 115 Å². The van der Waals surface area contributed by atoms with Crippen molar-refractivity contribution in [1.29, 1.82) is 0 Å². The smallest absolute Gasteiger partial charge is 0.286 e. The van der Waals surface area contributed by atoms with Gasteiger partial charge in [-0.1, -0.05) is 24.3 Å². The van der Waals surface area contributed by atoms with E-state index in [0.717, 1.165) is 12.8 Å². The van der Waals surface area contributed by atoms with Gasteiger partial charge in [0.25, 0.3) is 5.97 Å². The standard InChI is InChI=1S/C16H24O3/c1-4-17-16(18-5-2,19-6-3)15-11-13-9-7-8-10-14(13)12-15/h7-10,15H,4-6,11-12H2,1-3H3. The molecule has 0 aromatic heterocycles. The molecular formula is C16H24O3. The average Bonchev–Trinajstić information content (AvgIpc) is 2.83. The van der Waals surface area contributed by atoms with Crippen molar-refractivity contribution in [3.63, 3.8) is 0 Å². The minimum atomic E-state index is -0.892. The van der Waals surface area contributed by atoms with E-state index in [1.54, 1.807) is 0 Å². The monoisotopic (exact) mass is 264 g/mol. The molecule has 0 saturated carbocycles. The largest absolute Gasteiger partial charge is 0.328 e. The van der Waals surface area contributed by atoms with Crippen molar-refractivity contribution in [2.75, 3.05) is 19.8 Å². The van der Waals surface area contributed by atoms with Gasteiger partial charge < -0.3 is 14.2 Å². The molecule has 0 amide bonds. The molecule has 0 bridgehead atoms. The zero-order valence-electron chi connectivity index (χ0n) is 12.1. The molecule has 0 unspecified atom stereocenters. The third kappa shape index (κ3) is 2.99. The third-order valence-corrected chi connectivity index (χ3v) is 3.59. The molecule has 1 aliphatic rings. The lowest BCUT2D eigenvalue weighted by Crippen LogP contribution is -2.47. The van der Waals surface area contributed by atoms with Crippen molar-refractivity contribution in [3.05, 3.63) is 35.4 Å². The topological polar surface area (TPSA) is 27.7 Å². The predicted octanol–water partition coefficient (Wildman–Crippen LogP) is 3.16. The van der Waals surface area contributed by atoms with Crippen LogP contribution < -0.4 is 0 Å². The first-order chi connectivity index (χ1) is 9.25. The summed E-state index contributed by atoms with van der Waals surface area (Å²) in [6, 6.07) is 8.55. The van der Waals surface area contributed by atoms with Gasteiger partial charge in [0.05, 0.1) is 0 Å². The van der Waals surface area contributed by atoms with E-state index >= 15 is 0 Å². The number of hydrogen-bond donors (Lipinski definition) is 0. The molecule has 1 aromatic carbocycles. The summed E-state index contributed by atoms with van der Waals surface area (Å²) in [6.07, 6.45) is 1.91. The second-order valence-electron chi connectivity index (χ2n) is 4.78. The fourth-order valence-corrected chi connectivity index (χ4v) is 2.89. The molecule has 0 saturated heterocycles. The fourth-order valence-electron chi connectivity index (χ4n) is 2.89. The Morgan fingerprint density at radius 2 is 1.32 bits per heavy atom. The van der Waals surface area contributed by atoms with Crippen LogP contribution in [0.25, 0.3) is 0 Å². The molecule has 0 fully saturated rings. The SMILES string of the molecule is CCOC(OCC)(OCC)C1Cc2ccccc2C1. The van der Waals surface area contributed by atoms with Crippen molar-refractivity contribution in [3.8, 4) is 0 Å². The molecule has 0 aliphatic heterocycles. The quantitative estimate of drug-likeness (QED) is 0.708. The Morgan fingerprint density at radius 3 is 1.68 bits per heavy atom. The first-order valence-electron chi connectivity index (χ1n) is 7.24. The number of hydrogen-bond acceptors (Lipinski definition) is 3. The van der Waals surface area contributed by atoms with Crippen LogP contribution >= 0.6 is 0 Å². The molecule has 1 aliphatic carbocycles. The fraction of sp³-hybridized carbons (Fsp3) is 0.625. The zero-order chi connectivity index (χ0) is 13.7.